The number of benzene rings is 1. The minimum absolute atomic E-state index is 0.302. The van der Waals surface area contributed by atoms with Crippen LogP contribution >= 0.6 is 15.9 Å². The van der Waals surface area contributed by atoms with Crippen molar-refractivity contribution in [1.29, 1.82) is 0 Å². The molecular formula is C16H21BrO. The number of halogens is 1. The van der Waals surface area contributed by atoms with Crippen molar-refractivity contribution in [3.8, 4) is 0 Å². The summed E-state index contributed by atoms with van der Waals surface area (Å²) < 4.78 is 1.08. The number of fused-ring (bicyclic) bond motifs is 2. The summed E-state index contributed by atoms with van der Waals surface area (Å²) in [7, 11) is 0. The third-order valence-corrected chi connectivity index (χ3v) is 6.07. The van der Waals surface area contributed by atoms with Gasteiger partial charge >= 0.3 is 0 Å². The van der Waals surface area contributed by atoms with Crippen LogP contribution in [0.25, 0.3) is 0 Å². The highest BCUT2D eigenvalue weighted by Crippen LogP contribution is 2.51. The lowest BCUT2D eigenvalue weighted by molar-refractivity contribution is 0.125. The van der Waals surface area contributed by atoms with Crippen LogP contribution < -0.4 is 0 Å². The van der Waals surface area contributed by atoms with Gasteiger partial charge in [-0.2, -0.15) is 0 Å². The normalized spacial score (nSPS) is 31.8. The van der Waals surface area contributed by atoms with E-state index in [0.717, 1.165) is 34.2 Å². The minimum atomic E-state index is -0.302. The molecule has 18 heavy (non-hydrogen) atoms. The Balaban J connectivity index is 1.71. The fourth-order valence-corrected chi connectivity index (χ4v) is 4.53. The van der Waals surface area contributed by atoms with E-state index >= 15 is 0 Å². The molecule has 2 aliphatic rings. The zero-order chi connectivity index (χ0) is 12.7. The highest BCUT2D eigenvalue weighted by molar-refractivity contribution is 9.10. The van der Waals surface area contributed by atoms with Gasteiger partial charge < -0.3 is 5.11 Å². The van der Waals surface area contributed by atoms with Gasteiger partial charge in [0.2, 0.25) is 0 Å². The predicted octanol–water partition coefficient (Wildman–Crippen LogP) is 4.62. The van der Waals surface area contributed by atoms with E-state index in [9.17, 15) is 5.11 Å². The first kappa shape index (κ1) is 12.7. The summed E-state index contributed by atoms with van der Waals surface area (Å²) >= 11 is 3.61. The quantitative estimate of drug-likeness (QED) is 0.864. The summed E-state index contributed by atoms with van der Waals surface area (Å²) in [6, 6.07) is 6.17. The van der Waals surface area contributed by atoms with E-state index in [1.165, 1.54) is 31.2 Å². The molecule has 4 unspecified atom stereocenters. The summed E-state index contributed by atoms with van der Waals surface area (Å²) in [5, 5.41) is 10.5. The molecule has 0 aliphatic heterocycles. The Labute approximate surface area is 118 Å². The highest BCUT2D eigenvalue weighted by atomic mass is 79.9. The van der Waals surface area contributed by atoms with Gasteiger partial charge in [-0.25, -0.2) is 0 Å². The van der Waals surface area contributed by atoms with Crippen molar-refractivity contribution in [2.45, 2.75) is 45.1 Å². The molecule has 0 heterocycles. The zero-order valence-electron chi connectivity index (χ0n) is 10.9. The molecule has 3 rings (SSSR count). The molecule has 1 nitrogen and oxygen atoms in total. The topological polar surface area (TPSA) is 20.2 Å². The first-order valence-electron chi connectivity index (χ1n) is 7.08. The Bertz CT molecular complexity index is 443. The van der Waals surface area contributed by atoms with E-state index in [1.807, 2.05) is 6.07 Å². The monoisotopic (exact) mass is 308 g/mol. The predicted molar refractivity (Wildman–Crippen MR) is 77.4 cm³/mol. The molecule has 2 heteroatoms. The summed E-state index contributed by atoms with van der Waals surface area (Å²) in [5.74, 6) is 2.62. The number of hydrogen-bond acceptors (Lipinski definition) is 1. The molecule has 2 saturated carbocycles. The van der Waals surface area contributed by atoms with Crippen LogP contribution in [0.15, 0.2) is 22.7 Å². The lowest BCUT2D eigenvalue weighted by atomic mass is 9.83. The van der Waals surface area contributed by atoms with Crippen LogP contribution in [-0.2, 0) is 0 Å². The standard InChI is InChI=1S/C16H21BrO/c1-10-3-2-4-14(16(10)17)15(18)9-13-8-11-5-6-12(13)7-11/h2-4,11-13,15,18H,5-9H2,1H3. The fraction of sp³-hybridized carbons (Fsp3) is 0.625. The van der Waals surface area contributed by atoms with Gasteiger partial charge in [-0.05, 0) is 61.5 Å². The Morgan fingerprint density at radius 2 is 2.17 bits per heavy atom. The third kappa shape index (κ3) is 2.25. The van der Waals surface area contributed by atoms with Gasteiger partial charge in [0.25, 0.3) is 0 Å². The van der Waals surface area contributed by atoms with E-state index < -0.39 is 0 Å². The first-order chi connectivity index (χ1) is 8.65. The first-order valence-corrected chi connectivity index (χ1v) is 7.87. The van der Waals surface area contributed by atoms with Crippen molar-refractivity contribution in [1.82, 2.24) is 0 Å². The van der Waals surface area contributed by atoms with Crippen LogP contribution in [0.2, 0.25) is 0 Å². The SMILES string of the molecule is Cc1cccc(C(O)CC2CC3CCC2C3)c1Br. The van der Waals surface area contributed by atoms with Crippen molar-refractivity contribution in [3.63, 3.8) is 0 Å². The molecule has 2 aliphatic carbocycles. The number of rotatable bonds is 3. The number of aliphatic hydroxyl groups is 1. The Kier molecular flexibility index (Phi) is 3.50. The number of aryl methyl sites for hydroxylation is 1. The van der Waals surface area contributed by atoms with Gasteiger partial charge in [0.1, 0.15) is 0 Å². The van der Waals surface area contributed by atoms with Gasteiger partial charge in [-0.15, -0.1) is 0 Å². The van der Waals surface area contributed by atoms with Crippen LogP contribution in [0.1, 0.15) is 49.3 Å². The average Bonchev–Trinajstić information content (AvgIpc) is 2.94. The second-order valence-electron chi connectivity index (χ2n) is 6.16. The molecular weight excluding hydrogens is 288 g/mol. The lowest BCUT2D eigenvalue weighted by Crippen LogP contribution is -2.14. The fourth-order valence-electron chi connectivity index (χ4n) is 4.01. The molecule has 2 bridgehead atoms. The molecule has 1 N–H and O–H groups in total. The molecule has 2 fully saturated rings. The van der Waals surface area contributed by atoms with Crippen LogP contribution in [0.4, 0.5) is 0 Å². The van der Waals surface area contributed by atoms with Crippen molar-refractivity contribution in [2.75, 3.05) is 0 Å². The molecule has 98 valence electrons. The van der Waals surface area contributed by atoms with E-state index in [-0.39, 0.29) is 6.10 Å². The summed E-state index contributed by atoms with van der Waals surface area (Å²) in [6.45, 7) is 2.08. The second kappa shape index (κ2) is 4.97. The van der Waals surface area contributed by atoms with Crippen LogP contribution in [0, 0.1) is 24.7 Å². The summed E-state index contributed by atoms with van der Waals surface area (Å²) in [6.07, 6.45) is 6.26. The summed E-state index contributed by atoms with van der Waals surface area (Å²) in [4.78, 5) is 0. The maximum Gasteiger partial charge on any atom is 0.0803 e. The number of hydrogen-bond donors (Lipinski definition) is 1. The zero-order valence-corrected chi connectivity index (χ0v) is 12.5. The third-order valence-electron chi connectivity index (χ3n) is 4.99. The second-order valence-corrected chi connectivity index (χ2v) is 6.96. The molecule has 4 atom stereocenters. The lowest BCUT2D eigenvalue weighted by Gasteiger charge is -2.25. The van der Waals surface area contributed by atoms with Crippen molar-refractivity contribution in [3.05, 3.63) is 33.8 Å². The van der Waals surface area contributed by atoms with E-state index in [4.69, 9.17) is 0 Å². The molecule has 0 aromatic heterocycles. The van der Waals surface area contributed by atoms with Crippen molar-refractivity contribution in [2.24, 2.45) is 17.8 Å². The average molecular weight is 309 g/mol. The minimum Gasteiger partial charge on any atom is -0.388 e. The highest BCUT2D eigenvalue weighted by Gasteiger charge is 2.40. The van der Waals surface area contributed by atoms with Gasteiger partial charge in [-0.1, -0.05) is 40.5 Å². The van der Waals surface area contributed by atoms with Crippen LogP contribution in [-0.4, -0.2) is 5.11 Å². The maximum absolute atomic E-state index is 10.5. The molecule has 0 saturated heterocycles. The molecule has 1 aromatic rings. The van der Waals surface area contributed by atoms with E-state index in [0.29, 0.717) is 0 Å². The molecule has 1 aromatic carbocycles. The molecule has 0 spiro atoms. The maximum atomic E-state index is 10.5. The Hall–Kier alpha value is -0.340. The van der Waals surface area contributed by atoms with Crippen LogP contribution in [0.5, 0.6) is 0 Å². The largest absolute Gasteiger partial charge is 0.388 e. The van der Waals surface area contributed by atoms with Gasteiger partial charge in [0.15, 0.2) is 0 Å². The molecule has 0 amide bonds. The van der Waals surface area contributed by atoms with Crippen LogP contribution in [0.3, 0.4) is 0 Å². The summed E-state index contributed by atoms with van der Waals surface area (Å²) in [5.41, 5.74) is 2.28. The Morgan fingerprint density at radius 1 is 1.33 bits per heavy atom. The van der Waals surface area contributed by atoms with Gasteiger partial charge in [0, 0.05) is 4.47 Å². The van der Waals surface area contributed by atoms with Crippen molar-refractivity contribution < 1.29 is 5.11 Å². The van der Waals surface area contributed by atoms with E-state index in [2.05, 4.69) is 35.0 Å². The van der Waals surface area contributed by atoms with Gasteiger partial charge in [0.05, 0.1) is 6.10 Å². The molecule has 0 radical (unpaired) electrons. The van der Waals surface area contributed by atoms with E-state index in [1.54, 1.807) is 0 Å². The smallest absolute Gasteiger partial charge is 0.0803 e. The van der Waals surface area contributed by atoms with Gasteiger partial charge in [-0.3, -0.25) is 0 Å². The Morgan fingerprint density at radius 3 is 2.83 bits per heavy atom. The number of aliphatic hydroxyl groups excluding tert-OH is 1. The van der Waals surface area contributed by atoms with Crippen molar-refractivity contribution >= 4 is 15.9 Å².